The molecule has 0 saturated heterocycles. The van der Waals surface area contributed by atoms with Crippen molar-refractivity contribution >= 4 is 19.8 Å². The molecule has 0 rings (SSSR count). The number of likely N-dealkylation sites (N-methyl/N-ethyl adjacent to an activating group) is 1. The van der Waals surface area contributed by atoms with E-state index >= 15 is 0 Å². The average Bonchev–Trinajstić information content (AvgIpc) is 3.56. The lowest BCUT2D eigenvalue weighted by atomic mass is 10.0. The maximum atomic E-state index is 12.9. The van der Waals surface area contributed by atoms with Crippen LogP contribution in [-0.4, -0.2) is 74.9 Å². The summed E-state index contributed by atoms with van der Waals surface area (Å²) in [5.41, 5.74) is 0. The van der Waals surface area contributed by atoms with Crippen LogP contribution in [0, 0.1) is 0 Å². The van der Waals surface area contributed by atoms with Crippen LogP contribution < -0.4 is 0 Å². The van der Waals surface area contributed by atoms with Gasteiger partial charge in [-0.15, -0.1) is 0 Å². The Labute approximate surface area is 530 Å². The minimum absolute atomic E-state index is 0.0270. The number of phosphoric acid groups is 1. The summed E-state index contributed by atoms with van der Waals surface area (Å²) in [5.74, 6) is -0.798. The van der Waals surface area contributed by atoms with Crippen molar-refractivity contribution in [3.63, 3.8) is 0 Å². The first-order valence-corrected chi connectivity index (χ1v) is 36.8. The van der Waals surface area contributed by atoms with Gasteiger partial charge in [-0.3, -0.25) is 18.6 Å². The van der Waals surface area contributed by atoms with E-state index in [2.05, 4.69) is 135 Å². The lowest BCUT2D eigenvalue weighted by Crippen LogP contribution is -2.37. The number of nitrogens with zero attached hydrogens (tertiary/aromatic N) is 1. The maximum Gasteiger partial charge on any atom is 0.472 e. The van der Waals surface area contributed by atoms with Gasteiger partial charge in [-0.1, -0.05) is 296 Å². The zero-order valence-corrected chi connectivity index (χ0v) is 57.2. The quantitative estimate of drug-likeness (QED) is 0.0211. The summed E-state index contributed by atoms with van der Waals surface area (Å²) in [6.07, 6.45) is 94.4. The summed E-state index contributed by atoms with van der Waals surface area (Å²) in [6, 6.07) is 0. The Hall–Kier alpha value is -3.59. The van der Waals surface area contributed by atoms with Crippen LogP contribution in [0.5, 0.6) is 0 Å². The summed E-state index contributed by atoms with van der Waals surface area (Å²) in [4.78, 5) is 35.9. The maximum absolute atomic E-state index is 12.9. The van der Waals surface area contributed by atoms with Crippen LogP contribution in [0.3, 0.4) is 0 Å². The molecule has 1 N–H and O–H groups in total. The van der Waals surface area contributed by atoms with Gasteiger partial charge in [0, 0.05) is 12.8 Å². The highest BCUT2D eigenvalue weighted by molar-refractivity contribution is 7.47. The van der Waals surface area contributed by atoms with Gasteiger partial charge in [-0.2, -0.15) is 0 Å². The number of rotatable bonds is 64. The molecule has 9 nitrogen and oxygen atoms in total. The number of phosphoric ester groups is 1. The van der Waals surface area contributed by atoms with E-state index in [1.165, 1.54) is 161 Å². The molecule has 0 aromatic rings. The average molecular weight is 1220 g/mol. The molecule has 0 bridgehead atoms. The molecule has 0 heterocycles. The Balaban J connectivity index is 4.08. The molecular formula is C76H133NO8P+. The minimum Gasteiger partial charge on any atom is -0.462 e. The van der Waals surface area contributed by atoms with E-state index in [0.717, 1.165) is 103 Å². The highest BCUT2D eigenvalue weighted by Gasteiger charge is 2.27. The van der Waals surface area contributed by atoms with Gasteiger partial charge in [0.2, 0.25) is 0 Å². The van der Waals surface area contributed by atoms with Crippen LogP contribution in [0.4, 0.5) is 0 Å². The summed E-state index contributed by atoms with van der Waals surface area (Å²) >= 11 is 0. The van der Waals surface area contributed by atoms with Crippen LogP contribution in [-0.2, 0) is 32.7 Å². The van der Waals surface area contributed by atoms with E-state index in [9.17, 15) is 19.0 Å². The Morgan fingerprint density at radius 2 is 0.663 bits per heavy atom. The molecule has 0 saturated carbocycles. The van der Waals surface area contributed by atoms with E-state index in [1.54, 1.807) is 0 Å². The summed E-state index contributed by atoms with van der Waals surface area (Å²) in [7, 11) is 1.47. The second-order valence-corrected chi connectivity index (χ2v) is 26.0. The largest absolute Gasteiger partial charge is 0.472 e. The van der Waals surface area contributed by atoms with Crippen LogP contribution in [0.2, 0.25) is 0 Å². The van der Waals surface area contributed by atoms with E-state index in [4.69, 9.17) is 18.5 Å². The van der Waals surface area contributed by atoms with Crippen molar-refractivity contribution in [3.8, 4) is 0 Å². The first-order valence-electron chi connectivity index (χ1n) is 35.3. The van der Waals surface area contributed by atoms with Crippen molar-refractivity contribution in [1.82, 2.24) is 0 Å². The van der Waals surface area contributed by atoms with Gasteiger partial charge in [0.15, 0.2) is 6.10 Å². The van der Waals surface area contributed by atoms with E-state index in [1.807, 2.05) is 21.1 Å². The zero-order valence-electron chi connectivity index (χ0n) is 56.3. The first-order chi connectivity index (χ1) is 42.0. The van der Waals surface area contributed by atoms with Gasteiger partial charge >= 0.3 is 19.8 Å². The highest BCUT2D eigenvalue weighted by atomic mass is 31.2. The molecular weight excluding hydrogens is 1090 g/mol. The van der Waals surface area contributed by atoms with Crippen molar-refractivity contribution in [2.24, 2.45) is 0 Å². The third-order valence-electron chi connectivity index (χ3n) is 15.0. The summed E-state index contributed by atoms with van der Waals surface area (Å²) in [6.45, 7) is 4.34. The van der Waals surface area contributed by atoms with Gasteiger partial charge in [0.25, 0.3) is 0 Å². The number of carbonyl (C=O) groups is 2. The molecule has 0 radical (unpaired) electrons. The predicted octanol–water partition coefficient (Wildman–Crippen LogP) is 23.0. The van der Waals surface area contributed by atoms with Gasteiger partial charge in [-0.05, 0) is 109 Å². The number of quaternary nitrogens is 1. The molecule has 0 fully saturated rings. The Morgan fingerprint density at radius 3 is 1.00 bits per heavy atom. The van der Waals surface area contributed by atoms with Crippen LogP contribution in [0.25, 0.3) is 0 Å². The van der Waals surface area contributed by atoms with Crippen molar-refractivity contribution in [2.75, 3.05) is 47.5 Å². The summed E-state index contributed by atoms with van der Waals surface area (Å²) < 4.78 is 34.7. The van der Waals surface area contributed by atoms with E-state index in [-0.39, 0.29) is 32.0 Å². The monoisotopic (exact) mass is 1220 g/mol. The fourth-order valence-corrected chi connectivity index (χ4v) is 10.3. The molecule has 0 aliphatic rings. The minimum atomic E-state index is -4.40. The molecule has 86 heavy (non-hydrogen) atoms. The Morgan fingerprint density at radius 1 is 0.372 bits per heavy atom. The van der Waals surface area contributed by atoms with Crippen molar-refractivity contribution < 1.29 is 42.1 Å². The van der Waals surface area contributed by atoms with Crippen LogP contribution in [0.15, 0.2) is 122 Å². The van der Waals surface area contributed by atoms with Gasteiger partial charge in [0.05, 0.1) is 27.7 Å². The number of carbonyl (C=O) groups excluding carboxylic acids is 2. The first kappa shape index (κ1) is 82.4. The summed E-state index contributed by atoms with van der Waals surface area (Å²) in [5, 5.41) is 0. The van der Waals surface area contributed by atoms with E-state index in [0.29, 0.717) is 17.4 Å². The highest BCUT2D eigenvalue weighted by Crippen LogP contribution is 2.43. The van der Waals surface area contributed by atoms with E-state index < -0.39 is 26.5 Å². The lowest BCUT2D eigenvalue weighted by Gasteiger charge is -2.24. The van der Waals surface area contributed by atoms with Crippen LogP contribution in [0.1, 0.15) is 296 Å². The molecule has 0 aromatic carbocycles. The fourth-order valence-electron chi connectivity index (χ4n) is 9.59. The number of hydrogen-bond donors (Lipinski definition) is 1. The third-order valence-corrected chi connectivity index (χ3v) is 16.0. The molecule has 0 aromatic heterocycles. The van der Waals surface area contributed by atoms with Gasteiger partial charge in [0.1, 0.15) is 19.8 Å². The zero-order chi connectivity index (χ0) is 62.6. The second-order valence-electron chi connectivity index (χ2n) is 24.5. The SMILES string of the molecule is CC/C=C\C/C=C\C/C=C\C/C=C\C/C=C\C/C=C\C/C=C\C/C=C\C/C=C\CCCCCCCCCCCCCC(=O)OC(COC(=O)CCCCCCCCCCCCC/C=C\CCCCCCCCCC)COP(=O)(O)OCC[N+](C)(C)C. The lowest BCUT2D eigenvalue weighted by molar-refractivity contribution is -0.870. The van der Waals surface area contributed by atoms with Crippen LogP contribution >= 0.6 is 7.82 Å². The number of esters is 2. The molecule has 0 aliphatic heterocycles. The predicted molar refractivity (Wildman–Crippen MR) is 371 cm³/mol. The van der Waals surface area contributed by atoms with Crippen molar-refractivity contribution in [1.29, 1.82) is 0 Å². The third kappa shape index (κ3) is 69.5. The second kappa shape index (κ2) is 65.8. The van der Waals surface area contributed by atoms with Gasteiger partial charge < -0.3 is 18.9 Å². The number of allylic oxidation sites excluding steroid dienone is 20. The van der Waals surface area contributed by atoms with Crippen molar-refractivity contribution in [2.45, 2.75) is 302 Å². The number of hydrogen-bond acceptors (Lipinski definition) is 7. The smallest absolute Gasteiger partial charge is 0.462 e. The number of unbranched alkanes of at least 4 members (excludes halogenated alkanes) is 30. The Kier molecular flexibility index (Phi) is 63.1. The fraction of sp³-hybridized carbons (Fsp3) is 0.711. The Bertz CT molecular complexity index is 1870. The molecule has 0 amide bonds. The number of ether oxygens (including phenoxy) is 2. The molecule has 0 aliphatic carbocycles. The normalized spacial score (nSPS) is 13.9. The molecule has 2 atom stereocenters. The molecule has 10 heteroatoms. The molecule has 494 valence electrons. The molecule has 2 unspecified atom stereocenters. The van der Waals surface area contributed by atoms with Gasteiger partial charge in [-0.25, -0.2) is 4.57 Å². The van der Waals surface area contributed by atoms with Crippen molar-refractivity contribution in [3.05, 3.63) is 122 Å². The molecule has 0 spiro atoms. The topological polar surface area (TPSA) is 108 Å². The standard InChI is InChI=1S/C76H132NO8P/c1-6-8-10-12-14-16-18-20-22-24-26-28-30-31-32-33-34-35-36-37-38-39-40-41-42-43-44-45-47-49-51-53-55-57-59-61-63-65-67-69-76(79)85-74(73-84-86(80,81)83-71-70-77(3,4)5)72-82-75(78)68-66-64-62-60-58-56-54-52-50-48-46-29-27-25-23-21-19-17-15-13-11-9-7-2/h8,10,14,16,20,22,25-28,31-32,34-35,37-38,40-41,43-44,74H,6-7,9,11-13,15,17-19,21,23-24,29-30,33,36,39,42,45-73H2,1-5H3/p+1/b10-8-,16-14-,22-20-,27-25-,28-26-,32-31-,35-34-,38-37-,41-40-,44-43-.